The molecule has 0 fully saturated rings. The first-order chi connectivity index (χ1) is 11.8. The van der Waals surface area contributed by atoms with Gasteiger partial charge in [0.25, 0.3) is 5.91 Å². The van der Waals surface area contributed by atoms with Crippen molar-refractivity contribution in [1.82, 2.24) is 9.97 Å². The predicted molar refractivity (Wildman–Crippen MR) is 90.9 cm³/mol. The van der Waals surface area contributed by atoms with Crippen molar-refractivity contribution < 1.29 is 4.79 Å². The zero-order valence-corrected chi connectivity index (χ0v) is 12.6. The molecule has 0 aliphatic rings. The van der Waals surface area contributed by atoms with Crippen molar-refractivity contribution in [3.05, 3.63) is 78.1 Å². The molecule has 6 nitrogen and oxygen atoms in total. The number of hydrogen-bond donors (Lipinski definition) is 2. The van der Waals surface area contributed by atoms with Gasteiger partial charge in [0.15, 0.2) is 0 Å². The minimum atomic E-state index is -0.371. The summed E-state index contributed by atoms with van der Waals surface area (Å²) >= 11 is 0. The first-order valence-electron chi connectivity index (χ1n) is 7.21. The van der Waals surface area contributed by atoms with Gasteiger partial charge in [-0.1, -0.05) is 30.3 Å². The van der Waals surface area contributed by atoms with E-state index in [1.165, 1.54) is 12.4 Å². The number of aromatic nitrogens is 2. The van der Waals surface area contributed by atoms with Crippen LogP contribution in [0.1, 0.15) is 15.9 Å². The number of benzene rings is 2. The lowest BCUT2D eigenvalue weighted by molar-refractivity contribution is 0.102. The molecular formula is C18H13N5O. The smallest absolute Gasteiger partial charge is 0.258 e. The SMILES string of the molecule is N#Cc1ccccc1NC(=O)c1cnc(Nc2ccccc2)nc1. The van der Waals surface area contributed by atoms with Gasteiger partial charge in [-0.15, -0.1) is 0 Å². The molecule has 2 aromatic carbocycles. The standard InChI is InChI=1S/C18H13N5O/c19-10-13-6-4-5-9-16(13)23-17(24)14-11-20-18(21-12-14)22-15-7-2-1-3-8-15/h1-9,11-12H,(H,23,24)(H,20,21,22). The molecule has 0 unspecified atom stereocenters. The molecule has 0 saturated heterocycles. The van der Waals surface area contributed by atoms with E-state index in [0.29, 0.717) is 22.8 Å². The van der Waals surface area contributed by atoms with Gasteiger partial charge in [0, 0.05) is 18.1 Å². The molecular weight excluding hydrogens is 302 g/mol. The lowest BCUT2D eigenvalue weighted by Crippen LogP contribution is -2.14. The molecule has 3 rings (SSSR count). The highest BCUT2D eigenvalue weighted by atomic mass is 16.1. The number of anilines is 3. The molecule has 2 N–H and O–H groups in total. The second-order valence-electron chi connectivity index (χ2n) is 4.90. The summed E-state index contributed by atoms with van der Waals surface area (Å²) in [6.07, 6.45) is 2.87. The number of carbonyl (C=O) groups is 1. The van der Waals surface area contributed by atoms with Crippen molar-refractivity contribution in [3.63, 3.8) is 0 Å². The number of nitrogens with one attached hydrogen (secondary N) is 2. The van der Waals surface area contributed by atoms with Crippen LogP contribution in [-0.2, 0) is 0 Å². The number of para-hydroxylation sites is 2. The largest absolute Gasteiger partial charge is 0.324 e. The summed E-state index contributed by atoms with van der Waals surface area (Å²) in [6, 6.07) is 18.3. The second-order valence-corrected chi connectivity index (χ2v) is 4.90. The summed E-state index contributed by atoms with van der Waals surface area (Å²) in [5.41, 5.74) is 2.02. The average molecular weight is 315 g/mol. The zero-order chi connectivity index (χ0) is 16.8. The fourth-order valence-electron chi connectivity index (χ4n) is 2.04. The predicted octanol–water partition coefficient (Wildman–Crippen LogP) is 3.34. The third-order valence-electron chi connectivity index (χ3n) is 3.24. The van der Waals surface area contributed by atoms with Crippen LogP contribution in [0, 0.1) is 11.3 Å². The summed E-state index contributed by atoms with van der Waals surface area (Å²) in [4.78, 5) is 20.5. The van der Waals surface area contributed by atoms with Crippen LogP contribution in [0.3, 0.4) is 0 Å². The molecule has 1 aromatic heterocycles. The number of hydrogen-bond acceptors (Lipinski definition) is 5. The molecule has 116 valence electrons. The maximum atomic E-state index is 12.2. The summed E-state index contributed by atoms with van der Waals surface area (Å²) in [5, 5.41) is 14.8. The molecule has 0 saturated carbocycles. The van der Waals surface area contributed by atoms with E-state index in [0.717, 1.165) is 5.69 Å². The maximum Gasteiger partial charge on any atom is 0.258 e. The summed E-state index contributed by atoms with van der Waals surface area (Å²) in [5.74, 6) is 0.0270. The number of amides is 1. The summed E-state index contributed by atoms with van der Waals surface area (Å²) in [6.45, 7) is 0. The molecule has 1 heterocycles. The normalized spacial score (nSPS) is 9.79. The van der Waals surface area contributed by atoms with Gasteiger partial charge >= 0.3 is 0 Å². The number of carbonyl (C=O) groups excluding carboxylic acids is 1. The fourth-order valence-corrected chi connectivity index (χ4v) is 2.04. The molecule has 3 aromatic rings. The average Bonchev–Trinajstić information content (AvgIpc) is 2.63. The van der Waals surface area contributed by atoms with Crippen molar-refractivity contribution in [2.75, 3.05) is 10.6 Å². The van der Waals surface area contributed by atoms with Crippen LogP contribution in [-0.4, -0.2) is 15.9 Å². The van der Waals surface area contributed by atoms with E-state index in [4.69, 9.17) is 5.26 Å². The Balaban J connectivity index is 1.71. The minimum Gasteiger partial charge on any atom is -0.324 e. The lowest BCUT2D eigenvalue weighted by Gasteiger charge is -2.07. The van der Waals surface area contributed by atoms with E-state index in [9.17, 15) is 4.79 Å². The van der Waals surface area contributed by atoms with Crippen LogP contribution < -0.4 is 10.6 Å². The van der Waals surface area contributed by atoms with Gasteiger partial charge < -0.3 is 10.6 Å². The van der Waals surface area contributed by atoms with Crippen LogP contribution in [0.25, 0.3) is 0 Å². The van der Waals surface area contributed by atoms with Crippen molar-refractivity contribution in [1.29, 1.82) is 5.26 Å². The molecule has 0 bridgehead atoms. The number of nitrogens with zero attached hydrogens (tertiary/aromatic N) is 3. The van der Waals surface area contributed by atoms with Gasteiger partial charge in [-0.2, -0.15) is 5.26 Å². The minimum absolute atomic E-state index is 0.307. The quantitative estimate of drug-likeness (QED) is 0.770. The van der Waals surface area contributed by atoms with Crippen molar-refractivity contribution >= 4 is 23.2 Å². The van der Waals surface area contributed by atoms with E-state index in [1.54, 1.807) is 24.3 Å². The Labute approximate surface area is 138 Å². The molecule has 1 amide bonds. The third-order valence-corrected chi connectivity index (χ3v) is 3.24. The molecule has 0 spiro atoms. The monoisotopic (exact) mass is 315 g/mol. The van der Waals surface area contributed by atoms with Gasteiger partial charge in [0.05, 0.1) is 16.8 Å². The highest BCUT2D eigenvalue weighted by Crippen LogP contribution is 2.15. The zero-order valence-electron chi connectivity index (χ0n) is 12.6. The van der Waals surface area contributed by atoms with Crippen molar-refractivity contribution in [3.8, 4) is 6.07 Å². The van der Waals surface area contributed by atoms with Crippen molar-refractivity contribution in [2.45, 2.75) is 0 Å². The maximum absolute atomic E-state index is 12.2. The Morgan fingerprint density at radius 3 is 2.33 bits per heavy atom. The van der Waals surface area contributed by atoms with Gasteiger partial charge in [0.2, 0.25) is 5.95 Å². The highest BCUT2D eigenvalue weighted by Gasteiger charge is 2.10. The molecule has 0 atom stereocenters. The summed E-state index contributed by atoms with van der Waals surface area (Å²) in [7, 11) is 0. The topological polar surface area (TPSA) is 90.7 Å². The van der Waals surface area contributed by atoms with Crippen LogP contribution >= 0.6 is 0 Å². The molecule has 0 aliphatic heterocycles. The Hall–Kier alpha value is -3.72. The Morgan fingerprint density at radius 2 is 1.62 bits per heavy atom. The van der Waals surface area contributed by atoms with E-state index in [1.807, 2.05) is 36.4 Å². The first-order valence-corrected chi connectivity index (χ1v) is 7.21. The van der Waals surface area contributed by atoms with Gasteiger partial charge in [-0.05, 0) is 24.3 Å². The van der Waals surface area contributed by atoms with E-state index in [2.05, 4.69) is 20.6 Å². The van der Waals surface area contributed by atoms with Crippen LogP contribution in [0.4, 0.5) is 17.3 Å². The third kappa shape index (κ3) is 3.54. The van der Waals surface area contributed by atoms with Crippen LogP contribution in [0.2, 0.25) is 0 Å². The van der Waals surface area contributed by atoms with Gasteiger partial charge in [-0.25, -0.2) is 9.97 Å². The summed E-state index contributed by atoms with van der Waals surface area (Å²) < 4.78 is 0. The Kier molecular flexibility index (Phi) is 4.45. The first kappa shape index (κ1) is 15.2. The number of rotatable bonds is 4. The highest BCUT2D eigenvalue weighted by molar-refractivity contribution is 6.04. The van der Waals surface area contributed by atoms with Gasteiger partial charge in [0.1, 0.15) is 6.07 Å². The Bertz CT molecular complexity index is 885. The van der Waals surface area contributed by atoms with Crippen LogP contribution in [0.5, 0.6) is 0 Å². The van der Waals surface area contributed by atoms with E-state index in [-0.39, 0.29) is 5.91 Å². The lowest BCUT2D eigenvalue weighted by atomic mass is 10.2. The Morgan fingerprint density at radius 1 is 0.958 bits per heavy atom. The second kappa shape index (κ2) is 7.03. The van der Waals surface area contributed by atoms with Gasteiger partial charge in [-0.3, -0.25) is 4.79 Å². The molecule has 0 radical (unpaired) electrons. The van der Waals surface area contributed by atoms with E-state index >= 15 is 0 Å². The van der Waals surface area contributed by atoms with E-state index < -0.39 is 0 Å². The molecule has 24 heavy (non-hydrogen) atoms. The fraction of sp³-hybridized carbons (Fsp3) is 0. The number of nitriles is 1. The molecule has 0 aliphatic carbocycles. The van der Waals surface area contributed by atoms with Crippen molar-refractivity contribution in [2.24, 2.45) is 0 Å². The van der Waals surface area contributed by atoms with Crippen LogP contribution in [0.15, 0.2) is 67.0 Å². The molecule has 6 heteroatoms.